The first-order valence-corrected chi connectivity index (χ1v) is 12.3. The highest BCUT2D eigenvalue weighted by molar-refractivity contribution is 5.96. The molecule has 1 aromatic carbocycles. The molecule has 7 nitrogen and oxygen atoms in total. The van der Waals surface area contributed by atoms with Crippen molar-refractivity contribution in [1.29, 1.82) is 0 Å². The molecule has 1 amide bonds. The SMILES string of the molecule is O=C(N[C@@H](CCOC1CC(CCc2ccc3c(n2)NCCC3)C1)C(=O)O)c1cc(F)cc(C(F)(F)F)c1. The van der Waals surface area contributed by atoms with Gasteiger partial charge in [-0.1, -0.05) is 6.07 Å². The maximum Gasteiger partial charge on any atom is 0.416 e. The van der Waals surface area contributed by atoms with Gasteiger partial charge >= 0.3 is 12.1 Å². The van der Waals surface area contributed by atoms with Crippen molar-refractivity contribution in [3.63, 3.8) is 0 Å². The molecule has 0 bridgehead atoms. The number of aliphatic carboxylic acids is 1. The van der Waals surface area contributed by atoms with E-state index < -0.39 is 41.0 Å². The van der Waals surface area contributed by atoms with Crippen LogP contribution in [0.2, 0.25) is 0 Å². The Hall–Kier alpha value is -3.21. The van der Waals surface area contributed by atoms with E-state index in [2.05, 4.69) is 22.8 Å². The van der Waals surface area contributed by atoms with Crippen LogP contribution < -0.4 is 10.6 Å². The molecule has 4 rings (SSSR count). The number of alkyl halides is 3. The number of ether oxygens (including phenoxy) is 1. The summed E-state index contributed by atoms with van der Waals surface area (Å²) >= 11 is 0. The number of nitrogens with one attached hydrogen (secondary N) is 2. The molecule has 0 saturated heterocycles. The first kappa shape index (κ1) is 26.8. The van der Waals surface area contributed by atoms with Crippen molar-refractivity contribution >= 4 is 17.7 Å². The molecule has 1 fully saturated rings. The minimum Gasteiger partial charge on any atom is -0.480 e. The predicted molar refractivity (Wildman–Crippen MR) is 127 cm³/mol. The molecule has 1 atom stereocenters. The summed E-state index contributed by atoms with van der Waals surface area (Å²) in [7, 11) is 0. The van der Waals surface area contributed by atoms with Crippen molar-refractivity contribution in [1.82, 2.24) is 10.3 Å². The molecule has 11 heteroatoms. The number of nitrogens with zero attached hydrogens (tertiary/aromatic N) is 1. The summed E-state index contributed by atoms with van der Waals surface area (Å²) in [6, 6.07) is 4.21. The Morgan fingerprint density at radius 1 is 1.22 bits per heavy atom. The lowest BCUT2D eigenvalue weighted by Gasteiger charge is -2.35. The third kappa shape index (κ3) is 7.18. The Balaban J connectivity index is 1.19. The van der Waals surface area contributed by atoms with Crippen LogP contribution in [0.1, 0.15) is 59.3 Å². The number of pyridine rings is 1. The van der Waals surface area contributed by atoms with Gasteiger partial charge in [0.1, 0.15) is 17.7 Å². The van der Waals surface area contributed by atoms with Crippen molar-refractivity contribution in [3.05, 3.63) is 58.5 Å². The van der Waals surface area contributed by atoms with Gasteiger partial charge in [0.15, 0.2) is 0 Å². The van der Waals surface area contributed by atoms with Crippen LogP contribution in [0.4, 0.5) is 23.4 Å². The third-order valence-corrected chi connectivity index (χ3v) is 6.80. The van der Waals surface area contributed by atoms with E-state index in [1.165, 1.54) is 5.56 Å². The number of hydrogen-bond acceptors (Lipinski definition) is 5. The zero-order valence-electron chi connectivity index (χ0n) is 20.1. The quantitative estimate of drug-likeness (QED) is 0.394. The van der Waals surface area contributed by atoms with E-state index in [0.717, 1.165) is 56.6 Å². The van der Waals surface area contributed by atoms with Crippen LogP contribution in [0.25, 0.3) is 0 Å². The number of carbonyl (C=O) groups is 2. The minimum absolute atomic E-state index is 0.00846. The van der Waals surface area contributed by atoms with Gasteiger partial charge in [-0.3, -0.25) is 4.79 Å². The lowest BCUT2D eigenvalue weighted by Crippen LogP contribution is -2.42. The molecule has 1 aliphatic carbocycles. The highest BCUT2D eigenvalue weighted by atomic mass is 19.4. The molecule has 0 radical (unpaired) electrons. The molecule has 2 heterocycles. The predicted octanol–water partition coefficient (Wildman–Crippen LogP) is 4.60. The molecule has 2 aromatic rings. The lowest BCUT2D eigenvalue weighted by molar-refractivity contribution is -0.140. The van der Waals surface area contributed by atoms with E-state index in [-0.39, 0.29) is 25.2 Å². The Morgan fingerprint density at radius 3 is 2.73 bits per heavy atom. The number of aryl methyl sites for hydroxylation is 2. The average molecular weight is 524 g/mol. The van der Waals surface area contributed by atoms with Crippen LogP contribution in [-0.4, -0.2) is 47.3 Å². The van der Waals surface area contributed by atoms with E-state index in [1.54, 1.807) is 0 Å². The van der Waals surface area contributed by atoms with Gasteiger partial charge in [-0.15, -0.1) is 0 Å². The highest BCUT2D eigenvalue weighted by Gasteiger charge is 2.33. The second-order valence-corrected chi connectivity index (χ2v) is 9.59. The monoisotopic (exact) mass is 523 g/mol. The van der Waals surface area contributed by atoms with Crippen molar-refractivity contribution in [2.24, 2.45) is 5.92 Å². The summed E-state index contributed by atoms with van der Waals surface area (Å²) in [6.45, 7) is 1.00. The Morgan fingerprint density at radius 2 is 2.00 bits per heavy atom. The lowest BCUT2D eigenvalue weighted by atomic mass is 9.79. The van der Waals surface area contributed by atoms with Crippen LogP contribution in [0.15, 0.2) is 30.3 Å². The number of carboxylic acid groups (broad SMARTS) is 1. The van der Waals surface area contributed by atoms with Crippen molar-refractivity contribution in [2.75, 3.05) is 18.5 Å². The van der Waals surface area contributed by atoms with E-state index in [0.29, 0.717) is 18.1 Å². The second kappa shape index (κ2) is 11.5. The number of carbonyl (C=O) groups excluding carboxylic acids is 1. The average Bonchev–Trinajstić information content (AvgIpc) is 2.82. The first-order valence-electron chi connectivity index (χ1n) is 12.3. The number of hydrogen-bond donors (Lipinski definition) is 3. The van der Waals surface area contributed by atoms with Gasteiger partial charge < -0.3 is 20.5 Å². The van der Waals surface area contributed by atoms with Gasteiger partial charge in [-0.25, -0.2) is 14.2 Å². The second-order valence-electron chi connectivity index (χ2n) is 9.59. The number of aromatic nitrogens is 1. The van der Waals surface area contributed by atoms with Gasteiger partial charge in [0, 0.05) is 30.8 Å². The highest BCUT2D eigenvalue weighted by Crippen LogP contribution is 2.34. The molecule has 0 unspecified atom stereocenters. The van der Waals surface area contributed by atoms with E-state index >= 15 is 0 Å². The van der Waals surface area contributed by atoms with Crippen LogP contribution in [0, 0.1) is 11.7 Å². The summed E-state index contributed by atoms with van der Waals surface area (Å²) in [6.07, 6.45) is 0.782. The molecule has 1 aliphatic heterocycles. The summed E-state index contributed by atoms with van der Waals surface area (Å²) in [5.74, 6) is -2.23. The van der Waals surface area contributed by atoms with Crippen LogP contribution >= 0.6 is 0 Å². The van der Waals surface area contributed by atoms with Gasteiger partial charge in [-0.05, 0) is 74.3 Å². The Bertz CT molecular complexity index is 1140. The van der Waals surface area contributed by atoms with Gasteiger partial charge in [0.05, 0.1) is 11.7 Å². The fraction of sp³-hybridized carbons (Fsp3) is 0.500. The Labute approximate surface area is 211 Å². The van der Waals surface area contributed by atoms with Crippen molar-refractivity contribution in [2.45, 2.75) is 63.3 Å². The molecule has 1 aromatic heterocycles. The summed E-state index contributed by atoms with van der Waals surface area (Å²) in [5.41, 5.74) is 0.375. The standard InChI is InChI=1S/C26H29F4N3O4/c27-19-13-17(12-18(14-19)26(28,29)30)24(34)33-22(25(35)36)7-9-37-21-10-15(11-21)3-5-20-6-4-16-2-1-8-31-23(16)32-20/h4,6,12-15,21-22H,1-3,5,7-11H2,(H,31,32)(H,33,34)(H,35,36)/t15?,21?,22-/m0/s1. The van der Waals surface area contributed by atoms with Gasteiger partial charge in [-0.2, -0.15) is 13.2 Å². The fourth-order valence-electron chi connectivity index (χ4n) is 4.64. The molecule has 0 spiro atoms. The fourth-order valence-corrected chi connectivity index (χ4v) is 4.64. The molecule has 1 saturated carbocycles. The largest absolute Gasteiger partial charge is 0.480 e. The molecular weight excluding hydrogens is 494 g/mol. The van der Waals surface area contributed by atoms with E-state index in [9.17, 15) is 32.3 Å². The molecule has 2 aliphatic rings. The van der Waals surface area contributed by atoms with Crippen molar-refractivity contribution in [3.8, 4) is 0 Å². The molecular formula is C26H29F4N3O4. The zero-order chi connectivity index (χ0) is 26.6. The first-order chi connectivity index (χ1) is 17.6. The van der Waals surface area contributed by atoms with E-state index in [1.807, 2.05) is 0 Å². The topological polar surface area (TPSA) is 101 Å². The minimum atomic E-state index is -4.84. The zero-order valence-corrected chi connectivity index (χ0v) is 20.1. The number of rotatable bonds is 10. The van der Waals surface area contributed by atoms with Crippen molar-refractivity contribution < 1.29 is 37.0 Å². The van der Waals surface area contributed by atoms with Gasteiger partial charge in [0.25, 0.3) is 5.91 Å². The molecule has 3 N–H and O–H groups in total. The number of fused-ring (bicyclic) bond motifs is 1. The van der Waals surface area contributed by atoms with Crippen LogP contribution in [0.3, 0.4) is 0 Å². The summed E-state index contributed by atoms with van der Waals surface area (Å²) in [5, 5.41) is 14.9. The maximum atomic E-state index is 13.6. The number of amides is 1. The Kier molecular flexibility index (Phi) is 8.31. The van der Waals surface area contributed by atoms with E-state index in [4.69, 9.17) is 9.72 Å². The smallest absolute Gasteiger partial charge is 0.416 e. The summed E-state index contributed by atoms with van der Waals surface area (Å²) < 4.78 is 58.0. The number of carboxylic acids is 1. The maximum absolute atomic E-state index is 13.6. The van der Waals surface area contributed by atoms with Gasteiger partial charge in [0.2, 0.25) is 0 Å². The summed E-state index contributed by atoms with van der Waals surface area (Å²) in [4.78, 5) is 28.6. The third-order valence-electron chi connectivity index (χ3n) is 6.80. The van der Waals surface area contributed by atoms with Crippen LogP contribution in [-0.2, 0) is 28.5 Å². The van der Waals surface area contributed by atoms with Crippen LogP contribution in [0.5, 0.6) is 0 Å². The number of halogens is 4. The normalized spacial score (nSPS) is 19.8. The number of anilines is 1. The molecule has 37 heavy (non-hydrogen) atoms. The molecule has 200 valence electrons. The number of benzene rings is 1.